The van der Waals surface area contributed by atoms with Crippen molar-refractivity contribution in [1.29, 1.82) is 0 Å². The van der Waals surface area contributed by atoms with Crippen LogP contribution in [-0.2, 0) is 9.84 Å². The SMILES string of the molecule is CC1CS(=O)(=O)CC(C)C1O. The Kier molecular flexibility index (Phi) is 2.25. The van der Waals surface area contributed by atoms with Gasteiger partial charge in [0, 0.05) is 0 Å². The Morgan fingerprint density at radius 1 is 1.18 bits per heavy atom. The van der Waals surface area contributed by atoms with Crippen LogP contribution < -0.4 is 0 Å². The van der Waals surface area contributed by atoms with Gasteiger partial charge in [-0.2, -0.15) is 0 Å². The zero-order valence-electron chi connectivity index (χ0n) is 6.82. The van der Waals surface area contributed by atoms with Gasteiger partial charge in [0.15, 0.2) is 9.84 Å². The van der Waals surface area contributed by atoms with Gasteiger partial charge in [0.2, 0.25) is 0 Å². The van der Waals surface area contributed by atoms with E-state index in [0.717, 1.165) is 0 Å². The molecule has 1 rings (SSSR count). The van der Waals surface area contributed by atoms with E-state index >= 15 is 0 Å². The van der Waals surface area contributed by atoms with Crippen LogP contribution >= 0.6 is 0 Å². The van der Waals surface area contributed by atoms with Crippen LogP contribution in [0.3, 0.4) is 0 Å². The Bertz CT molecular complexity index is 214. The highest BCUT2D eigenvalue weighted by Crippen LogP contribution is 2.23. The van der Waals surface area contributed by atoms with E-state index in [2.05, 4.69) is 0 Å². The minimum atomic E-state index is -2.87. The number of rotatable bonds is 0. The van der Waals surface area contributed by atoms with E-state index in [1.807, 2.05) is 0 Å². The van der Waals surface area contributed by atoms with Gasteiger partial charge in [-0.15, -0.1) is 0 Å². The topological polar surface area (TPSA) is 54.4 Å². The number of sulfone groups is 1. The summed E-state index contributed by atoms with van der Waals surface area (Å²) in [6.45, 7) is 3.55. The highest BCUT2D eigenvalue weighted by Gasteiger charge is 2.34. The summed E-state index contributed by atoms with van der Waals surface area (Å²) in [5, 5.41) is 9.41. The molecular formula is C7H14O3S. The fourth-order valence-corrected chi connectivity index (χ4v) is 3.76. The first kappa shape index (κ1) is 9.00. The Morgan fingerprint density at radius 3 is 1.91 bits per heavy atom. The molecule has 0 radical (unpaired) electrons. The fourth-order valence-electron chi connectivity index (χ4n) is 1.63. The Morgan fingerprint density at radius 2 is 1.55 bits per heavy atom. The first-order valence-corrected chi connectivity index (χ1v) is 5.63. The highest BCUT2D eigenvalue weighted by atomic mass is 32.2. The molecule has 1 saturated heterocycles. The van der Waals surface area contributed by atoms with Crippen LogP contribution in [0.2, 0.25) is 0 Å². The second-order valence-electron chi connectivity index (χ2n) is 3.52. The molecule has 11 heavy (non-hydrogen) atoms. The number of aliphatic hydroxyl groups is 1. The molecule has 2 unspecified atom stereocenters. The van der Waals surface area contributed by atoms with Gasteiger partial charge in [0.25, 0.3) is 0 Å². The van der Waals surface area contributed by atoms with Gasteiger partial charge in [-0.3, -0.25) is 0 Å². The molecule has 1 aliphatic rings. The summed E-state index contributed by atoms with van der Waals surface area (Å²) in [5.74, 6) is 0.0595. The minimum Gasteiger partial charge on any atom is -0.393 e. The molecule has 0 aliphatic carbocycles. The minimum absolute atomic E-state index is 0.108. The van der Waals surface area contributed by atoms with Crippen molar-refractivity contribution >= 4 is 9.84 Å². The van der Waals surface area contributed by atoms with Crippen molar-refractivity contribution in [2.75, 3.05) is 11.5 Å². The summed E-state index contributed by atoms with van der Waals surface area (Å²) >= 11 is 0. The van der Waals surface area contributed by atoms with E-state index < -0.39 is 15.9 Å². The molecule has 1 heterocycles. The van der Waals surface area contributed by atoms with Crippen LogP contribution in [0.5, 0.6) is 0 Å². The lowest BCUT2D eigenvalue weighted by Crippen LogP contribution is -2.41. The third kappa shape index (κ3) is 1.93. The smallest absolute Gasteiger partial charge is 0.151 e. The fraction of sp³-hybridized carbons (Fsp3) is 1.00. The van der Waals surface area contributed by atoms with Crippen LogP contribution in [-0.4, -0.2) is 31.1 Å². The largest absolute Gasteiger partial charge is 0.393 e. The first-order chi connectivity index (χ1) is 4.92. The molecule has 4 heteroatoms. The van der Waals surface area contributed by atoms with Crippen LogP contribution in [0.25, 0.3) is 0 Å². The van der Waals surface area contributed by atoms with Gasteiger partial charge in [-0.1, -0.05) is 13.8 Å². The van der Waals surface area contributed by atoms with Crippen molar-refractivity contribution in [3.8, 4) is 0 Å². The Hall–Kier alpha value is -0.0900. The van der Waals surface area contributed by atoms with Crippen molar-refractivity contribution in [1.82, 2.24) is 0 Å². The molecule has 0 bridgehead atoms. The van der Waals surface area contributed by atoms with E-state index in [-0.39, 0.29) is 23.3 Å². The average molecular weight is 178 g/mol. The maximum absolute atomic E-state index is 11.1. The zero-order valence-corrected chi connectivity index (χ0v) is 7.63. The van der Waals surface area contributed by atoms with Gasteiger partial charge in [-0.05, 0) is 11.8 Å². The summed E-state index contributed by atoms with van der Waals surface area (Å²) in [6, 6.07) is 0. The third-order valence-electron chi connectivity index (χ3n) is 2.20. The molecule has 1 N–H and O–H groups in total. The quantitative estimate of drug-likeness (QED) is 0.570. The molecule has 3 nitrogen and oxygen atoms in total. The maximum atomic E-state index is 11.1. The molecule has 1 aliphatic heterocycles. The molecule has 0 spiro atoms. The summed E-state index contributed by atoms with van der Waals surface area (Å²) in [5.41, 5.74) is 0. The van der Waals surface area contributed by atoms with E-state index in [1.165, 1.54) is 0 Å². The molecule has 0 aromatic rings. The summed E-state index contributed by atoms with van der Waals surface area (Å²) < 4.78 is 22.2. The lowest BCUT2D eigenvalue weighted by Gasteiger charge is -2.29. The molecular weight excluding hydrogens is 164 g/mol. The summed E-state index contributed by atoms with van der Waals surface area (Å²) in [7, 11) is -2.87. The van der Waals surface area contributed by atoms with E-state index in [1.54, 1.807) is 13.8 Å². The molecule has 0 amide bonds. The van der Waals surface area contributed by atoms with Crippen molar-refractivity contribution in [3.63, 3.8) is 0 Å². The van der Waals surface area contributed by atoms with Crippen LogP contribution in [0.15, 0.2) is 0 Å². The van der Waals surface area contributed by atoms with Crippen molar-refractivity contribution in [3.05, 3.63) is 0 Å². The van der Waals surface area contributed by atoms with E-state index in [4.69, 9.17) is 0 Å². The second kappa shape index (κ2) is 2.75. The second-order valence-corrected chi connectivity index (χ2v) is 5.68. The van der Waals surface area contributed by atoms with Crippen molar-refractivity contribution < 1.29 is 13.5 Å². The lowest BCUT2D eigenvalue weighted by molar-refractivity contribution is 0.0766. The highest BCUT2D eigenvalue weighted by molar-refractivity contribution is 7.91. The zero-order chi connectivity index (χ0) is 8.65. The standard InChI is InChI=1S/C7H14O3S/c1-5-3-11(9,10)4-6(2)7(5)8/h5-8H,3-4H2,1-2H3. The molecule has 0 saturated carbocycles. The monoisotopic (exact) mass is 178 g/mol. The molecule has 2 atom stereocenters. The summed E-state index contributed by atoms with van der Waals surface area (Å²) in [4.78, 5) is 0. The Balaban J connectivity index is 2.78. The van der Waals surface area contributed by atoms with Crippen molar-refractivity contribution in [2.24, 2.45) is 11.8 Å². The van der Waals surface area contributed by atoms with Gasteiger partial charge in [0.1, 0.15) is 0 Å². The number of hydrogen-bond acceptors (Lipinski definition) is 3. The van der Waals surface area contributed by atoms with Gasteiger partial charge < -0.3 is 5.11 Å². The normalized spacial score (nSPS) is 43.7. The number of hydrogen-bond donors (Lipinski definition) is 1. The number of aliphatic hydroxyl groups excluding tert-OH is 1. The third-order valence-corrected chi connectivity index (χ3v) is 4.27. The Labute approximate surface area is 67.3 Å². The predicted octanol–water partition coefficient (Wildman–Crippen LogP) is 0.0479. The molecule has 66 valence electrons. The molecule has 0 aromatic carbocycles. The van der Waals surface area contributed by atoms with Crippen LogP contribution in [0, 0.1) is 11.8 Å². The molecule has 0 aromatic heterocycles. The predicted molar refractivity (Wildman–Crippen MR) is 43.0 cm³/mol. The van der Waals surface area contributed by atoms with Gasteiger partial charge in [0.05, 0.1) is 17.6 Å². The average Bonchev–Trinajstić information content (AvgIpc) is 1.81. The van der Waals surface area contributed by atoms with Crippen LogP contribution in [0.1, 0.15) is 13.8 Å². The van der Waals surface area contributed by atoms with Gasteiger partial charge in [-0.25, -0.2) is 8.42 Å². The van der Waals surface area contributed by atoms with E-state index in [9.17, 15) is 13.5 Å². The van der Waals surface area contributed by atoms with Crippen molar-refractivity contribution in [2.45, 2.75) is 20.0 Å². The summed E-state index contributed by atoms with van der Waals surface area (Å²) in [6.07, 6.45) is -0.446. The first-order valence-electron chi connectivity index (χ1n) is 3.81. The maximum Gasteiger partial charge on any atom is 0.151 e. The van der Waals surface area contributed by atoms with Gasteiger partial charge >= 0.3 is 0 Å². The van der Waals surface area contributed by atoms with Crippen LogP contribution in [0.4, 0.5) is 0 Å². The van der Waals surface area contributed by atoms with E-state index in [0.29, 0.717) is 0 Å². The lowest BCUT2D eigenvalue weighted by atomic mass is 9.96. The molecule has 1 fully saturated rings.